The number of halogens is 2. The van der Waals surface area contributed by atoms with Gasteiger partial charge in [0.15, 0.2) is 11.5 Å². The van der Waals surface area contributed by atoms with Crippen molar-refractivity contribution in [3.05, 3.63) is 63.6 Å². The molecule has 206 valence electrons. The number of aromatic nitrogens is 2. The van der Waals surface area contributed by atoms with Gasteiger partial charge in [-0.05, 0) is 53.8 Å². The summed E-state index contributed by atoms with van der Waals surface area (Å²) in [6.07, 6.45) is 2.04. The first-order valence-corrected chi connectivity index (χ1v) is 12.0. The Morgan fingerprint density at radius 3 is 2.26 bits per heavy atom. The number of rotatable bonds is 11. The second kappa shape index (κ2) is 14.1. The van der Waals surface area contributed by atoms with Gasteiger partial charge in [0.1, 0.15) is 11.6 Å². The van der Waals surface area contributed by atoms with Gasteiger partial charge in [-0.2, -0.15) is 0 Å². The minimum Gasteiger partial charge on any atom is -0.497 e. The SMILES string of the molecule is CCCc1[nH]c(=O)c(Cc2cc3cc(OC)ccc3nc2NCCOC)c2cc(OC)c(OC)cc12.Cl.Cl. The highest BCUT2D eigenvalue weighted by Gasteiger charge is 2.18. The lowest BCUT2D eigenvalue weighted by Gasteiger charge is -2.17. The molecule has 0 aliphatic rings. The molecule has 0 saturated heterocycles. The zero-order chi connectivity index (χ0) is 25.7. The van der Waals surface area contributed by atoms with Crippen LogP contribution in [0.2, 0.25) is 0 Å². The first-order chi connectivity index (χ1) is 17.5. The Bertz CT molecular complexity index is 1440. The number of fused-ring (bicyclic) bond motifs is 2. The van der Waals surface area contributed by atoms with Crippen LogP contribution < -0.4 is 25.1 Å². The van der Waals surface area contributed by atoms with Gasteiger partial charge in [0.25, 0.3) is 5.56 Å². The molecule has 0 amide bonds. The second-order valence-corrected chi connectivity index (χ2v) is 8.57. The average molecular weight is 565 g/mol. The fraction of sp³-hybridized carbons (Fsp3) is 0.357. The third kappa shape index (κ3) is 6.43. The Morgan fingerprint density at radius 1 is 0.921 bits per heavy atom. The number of hydrogen-bond donors (Lipinski definition) is 2. The number of methoxy groups -OCH3 is 4. The monoisotopic (exact) mass is 563 g/mol. The van der Waals surface area contributed by atoms with E-state index in [1.165, 1.54) is 0 Å². The molecule has 0 bridgehead atoms. The number of anilines is 1. The Hall–Kier alpha value is -3.20. The summed E-state index contributed by atoms with van der Waals surface area (Å²) in [6.45, 7) is 3.22. The predicted octanol–water partition coefficient (Wildman–Crippen LogP) is 5.55. The number of hydrogen-bond acceptors (Lipinski definition) is 7. The summed E-state index contributed by atoms with van der Waals surface area (Å²) in [6, 6.07) is 11.7. The smallest absolute Gasteiger partial charge is 0.252 e. The lowest BCUT2D eigenvalue weighted by molar-refractivity contribution is 0.210. The summed E-state index contributed by atoms with van der Waals surface area (Å²) in [5.74, 6) is 2.68. The van der Waals surface area contributed by atoms with E-state index in [1.807, 2.05) is 30.3 Å². The summed E-state index contributed by atoms with van der Waals surface area (Å²) in [5, 5.41) is 6.10. The van der Waals surface area contributed by atoms with Gasteiger partial charge in [-0.3, -0.25) is 4.79 Å². The number of nitrogens with one attached hydrogen (secondary N) is 2. The van der Waals surface area contributed by atoms with Crippen molar-refractivity contribution in [2.24, 2.45) is 0 Å². The number of ether oxygens (including phenoxy) is 4. The molecular formula is C28H35Cl2N3O5. The summed E-state index contributed by atoms with van der Waals surface area (Å²) < 4.78 is 21.7. The molecule has 2 aromatic heterocycles. The van der Waals surface area contributed by atoms with Gasteiger partial charge in [0, 0.05) is 42.1 Å². The van der Waals surface area contributed by atoms with E-state index in [9.17, 15) is 4.79 Å². The highest BCUT2D eigenvalue weighted by molar-refractivity contribution is 5.91. The Balaban J connectivity index is 0.00000253. The van der Waals surface area contributed by atoms with Crippen LogP contribution in [0.15, 0.2) is 41.2 Å². The molecule has 8 nitrogen and oxygen atoms in total. The third-order valence-corrected chi connectivity index (χ3v) is 6.28. The number of aromatic amines is 1. The summed E-state index contributed by atoms with van der Waals surface area (Å²) in [4.78, 5) is 21.4. The zero-order valence-corrected chi connectivity index (χ0v) is 23.9. The summed E-state index contributed by atoms with van der Waals surface area (Å²) >= 11 is 0. The van der Waals surface area contributed by atoms with E-state index >= 15 is 0 Å². The first-order valence-electron chi connectivity index (χ1n) is 12.0. The fourth-order valence-corrected chi connectivity index (χ4v) is 4.48. The minimum absolute atomic E-state index is 0. The quantitative estimate of drug-likeness (QED) is 0.231. The van der Waals surface area contributed by atoms with Gasteiger partial charge >= 0.3 is 0 Å². The van der Waals surface area contributed by atoms with Gasteiger partial charge in [-0.1, -0.05) is 13.3 Å². The number of nitrogens with zero attached hydrogens (tertiary/aromatic N) is 1. The molecule has 2 heterocycles. The molecule has 0 aliphatic heterocycles. The molecule has 0 fully saturated rings. The van der Waals surface area contributed by atoms with E-state index in [0.717, 1.165) is 57.3 Å². The molecule has 4 aromatic rings. The molecule has 2 N–H and O–H groups in total. The molecule has 0 radical (unpaired) electrons. The number of benzene rings is 2. The van der Waals surface area contributed by atoms with Crippen LogP contribution in [0.25, 0.3) is 21.7 Å². The average Bonchev–Trinajstić information content (AvgIpc) is 2.90. The van der Waals surface area contributed by atoms with E-state index < -0.39 is 0 Å². The maximum Gasteiger partial charge on any atom is 0.252 e. The third-order valence-electron chi connectivity index (χ3n) is 6.28. The molecule has 2 aromatic carbocycles. The Morgan fingerprint density at radius 2 is 1.63 bits per heavy atom. The minimum atomic E-state index is -0.119. The second-order valence-electron chi connectivity index (χ2n) is 8.57. The van der Waals surface area contributed by atoms with E-state index in [1.54, 1.807) is 28.4 Å². The van der Waals surface area contributed by atoms with Crippen LogP contribution in [-0.2, 0) is 17.6 Å². The van der Waals surface area contributed by atoms with Crippen molar-refractivity contribution in [2.45, 2.75) is 26.2 Å². The maximum absolute atomic E-state index is 13.4. The summed E-state index contributed by atoms with van der Waals surface area (Å²) in [5.41, 5.74) is 3.15. The van der Waals surface area contributed by atoms with Crippen molar-refractivity contribution in [1.82, 2.24) is 9.97 Å². The number of H-pyrrole nitrogens is 1. The molecule has 0 atom stereocenters. The molecule has 0 aliphatic carbocycles. The van der Waals surface area contributed by atoms with Gasteiger partial charge in [-0.15, -0.1) is 24.8 Å². The zero-order valence-electron chi connectivity index (χ0n) is 22.3. The van der Waals surface area contributed by atoms with E-state index in [2.05, 4.69) is 23.3 Å². The van der Waals surface area contributed by atoms with Crippen molar-refractivity contribution in [1.29, 1.82) is 0 Å². The normalized spacial score (nSPS) is 10.6. The van der Waals surface area contributed by atoms with E-state index in [-0.39, 0.29) is 30.4 Å². The highest BCUT2D eigenvalue weighted by atomic mass is 35.5. The van der Waals surface area contributed by atoms with Crippen LogP contribution in [0.5, 0.6) is 17.2 Å². The van der Waals surface area contributed by atoms with Gasteiger partial charge in [-0.25, -0.2) is 4.98 Å². The highest BCUT2D eigenvalue weighted by Crippen LogP contribution is 2.35. The molecule has 4 rings (SSSR count). The molecule has 10 heteroatoms. The number of pyridine rings is 2. The largest absolute Gasteiger partial charge is 0.497 e. The Labute approximate surface area is 234 Å². The molecule has 0 saturated carbocycles. The van der Waals surface area contributed by atoms with Gasteiger partial charge in [0.2, 0.25) is 0 Å². The maximum atomic E-state index is 13.4. The van der Waals surface area contributed by atoms with Crippen molar-refractivity contribution in [3.63, 3.8) is 0 Å². The standard InChI is InChI=1S/C28H33N3O5.2ClH/c1-6-7-24-21-16-26(36-5)25(35-4)15-20(21)22(28(32)31-24)14-18-12-17-13-19(34-3)8-9-23(17)30-27(18)29-10-11-33-2;;/h8-9,12-13,15-16H,6-7,10-11,14H2,1-5H3,(H,29,30)(H,31,32);2*1H. The molecule has 38 heavy (non-hydrogen) atoms. The number of aryl methyl sites for hydroxylation is 1. The van der Waals surface area contributed by atoms with Crippen molar-refractivity contribution in [2.75, 3.05) is 46.9 Å². The van der Waals surface area contributed by atoms with Crippen LogP contribution in [0.3, 0.4) is 0 Å². The molecule has 0 unspecified atom stereocenters. The van der Waals surface area contributed by atoms with E-state index in [0.29, 0.717) is 36.6 Å². The molecule has 0 spiro atoms. The van der Waals surface area contributed by atoms with Crippen LogP contribution in [0.4, 0.5) is 5.82 Å². The van der Waals surface area contributed by atoms with Crippen LogP contribution in [-0.4, -0.2) is 51.6 Å². The van der Waals surface area contributed by atoms with Crippen LogP contribution in [0.1, 0.15) is 30.2 Å². The topological polar surface area (TPSA) is 94.7 Å². The lowest BCUT2D eigenvalue weighted by Crippen LogP contribution is -2.18. The predicted molar refractivity (Wildman–Crippen MR) is 158 cm³/mol. The van der Waals surface area contributed by atoms with Crippen LogP contribution in [0, 0.1) is 0 Å². The van der Waals surface area contributed by atoms with Crippen molar-refractivity contribution < 1.29 is 18.9 Å². The first kappa shape index (κ1) is 31.0. The van der Waals surface area contributed by atoms with Gasteiger partial charge < -0.3 is 29.2 Å². The Kier molecular flexibility index (Phi) is 11.5. The van der Waals surface area contributed by atoms with Crippen molar-refractivity contribution in [3.8, 4) is 17.2 Å². The van der Waals surface area contributed by atoms with E-state index in [4.69, 9.17) is 23.9 Å². The van der Waals surface area contributed by atoms with Gasteiger partial charge in [0.05, 0.1) is 33.5 Å². The summed E-state index contributed by atoms with van der Waals surface area (Å²) in [7, 11) is 6.51. The van der Waals surface area contributed by atoms with Crippen molar-refractivity contribution >= 4 is 52.3 Å². The van der Waals surface area contributed by atoms with Crippen LogP contribution >= 0.6 is 24.8 Å². The fourth-order valence-electron chi connectivity index (χ4n) is 4.48. The molecular weight excluding hydrogens is 529 g/mol. The lowest BCUT2D eigenvalue weighted by atomic mass is 9.96.